The van der Waals surface area contributed by atoms with Gasteiger partial charge in [0.2, 0.25) is 5.91 Å². The van der Waals surface area contributed by atoms with E-state index in [1.54, 1.807) is 0 Å². The van der Waals surface area contributed by atoms with Crippen molar-refractivity contribution in [1.82, 2.24) is 15.2 Å². The summed E-state index contributed by atoms with van der Waals surface area (Å²) < 4.78 is 0. The van der Waals surface area contributed by atoms with Gasteiger partial charge < -0.3 is 15.2 Å². The molecule has 5 heteroatoms. The third-order valence-electron chi connectivity index (χ3n) is 7.05. The van der Waals surface area contributed by atoms with Crippen molar-refractivity contribution in [1.29, 1.82) is 0 Å². The zero-order valence-corrected chi connectivity index (χ0v) is 17.3. The third kappa shape index (κ3) is 3.89. The Bertz CT molecular complexity index is 784. The van der Waals surface area contributed by atoms with Crippen LogP contribution < -0.4 is 5.32 Å². The number of allylic oxidation sites excluding steroid dienone is 1. The van der Waals surface area contributed by atoms with Gasteiger partial charge in [0.25, 0.3) is 5.91 Å². The summed E-state index contributed by atoms with van der Waals surface area (Å²) in [6.07, 6.45) is 11.2. The van der Waals surface area contributed by atoms with Gasteiger partial charge in [-0.25, -0.2) is 0 Å². The molecule has 28 heavy (non-hydrogen) atoms. The number of aromatic nitrogens is 1. The highest BCUT2D eigenvalue weighted by Crippen LogP contribution is 2.59. The number of hydrogen-bond acceptors (Lipinski definition) is 2. The maximum atomic E-state index is 12.8. The van der Waals surface area contributed by atoms with Crippen LogP contribution in [0.4, 0.5) is 0 Å². The zero-order chi connectivity index (χ0) is 19.7. The van der Waals surface area contributed by atoms with Crippen molar-refractivity contribution in [3.05, 3.63) is 34.7 Å². The molecule has 3 aliphatic rings. The van der Waals surface area contributed by atoms with Crippen LogP contribution in [0.25, 0.3) is 0 Å². The van der Waals surface area contributed by atoms with Gasteiger partial charge in [0.1, 0.15) is 5.69 Å². The van der Waals surface area contributed by atoms with Crippen LogP contribution >= 0.6 is 0 Å². The molecule has 0 radical (unpaired) electrons. The summed E-state index contributed by atoms with van der Waals surface area (Å²) >= 11 is 0. The molecule has 2 fully saturated rings. The summed E-state index contributed by atoms with van der Waals surface area (Å²) in [7, 11) is 0. The number of hydrogen-bond donors (Lipinski definition) is 2. The molecule has 1 saturated carbocycles. The molecule has 1 spiro atoms. The number of likely N-dealkylation sites (tertiary alicyclic amines) is 1. The Morgan fingerprint density at radius 3 is 2.68 bits per heavy atom. The number of H-pyrrole nitrogens is 1. The molecule has 0 bridgehead atoms. The van der Waals surface area contributed by atoms with Crippen LogP contribution in [-0.2, 0) is 4.79 Å². The number of piperidine rings is 1. The number of amides is 2. The Morgan fingerprint density at radius 2 is 2.04 bits per heavy atom. The number of carbonyl (C=O) groups is 2. The number of aromatic amines is 1. The smallest absolute Gasteiger partial charge is 0.270 e. The minimum Gasteiger partial charge on any atom is -0.356 e. The molecule has 1 aromatic rings. The van der Waals surface area contributed by atoms with E-state index in [2.05, 4.69) is 16.4 Å². The lowest BCUT2D eigenvalue weighted by molar-refractivity contribution is -0.123. The van der Waals surface area contributed by atoms with Gasteiger partial charge in [0.15, 0.2) is 0 Å². The SMILES string of the molecule is Cc1cc(C)c(C(=O)N2CCC3(CC2)C[C@H]3C(=O)NCCC2=CCCCC2)[nH]1. The molecule has 2 N–H and O–H groups in total. The molecule has 2 amide bonds. The number of carbonyl (C=O) groups excluding carboxylic acids is 2. The van der Waals surface area contributed by atoms with Crippen molar-refractivity contribution in [2.45, 2.75) is 65.2 Å². The Labute approximate surface area is 168 Å². The minimum atomic E-state index is 0.0999. The molecule has 1 saturated heterocycles. The van der Waals surface area contributed by atoms with Crippen molar-refractivity contribution in [3.63, 3.8) is 0 Å². The Morgan fingerprint density at radius 1 is 1.25 bits per heavy atom. The lowest BCUT2D eigenvalue weighted by Gasteiger charge is -2.32. The van der Waals surface area contributed by atoms with Crippen molar-refractivity contribution in [3.8, 4) is 0 Å². The summed E-state index contributed by atoms with van der Waals surface area (Å²) in [6, 6.07) is 2.02. The van der Waals surface area contributed by atoms with Gasteiger partial charge >= 0.3 is 0 Å². The van der Waals surface area contributed by atoms with Crippen molar-refractivity contribution >= 4 is 11.8 Å². The third-order valence-corrected chi connectivity index (χ3v) is 7.05. The first-order chi connectivity index (χ1) is 13.5. The van der Waals surface area contributed by atoms with E-state index in [0.717, 1.165) is 62.3 Å². The van der Waals surface area contributed by atoms with Crippen LogP contribution in [0.3, 0.4) is 0 Å². The summed E-state index contributed by atoms with van der Waals surface area (Å²) in [5, 5.41) is 3.17. The first kappa shape index (κ1) is 19.3. The van der Waals surface area contributed by atoms with E-state index >= 15 is 0 Å². The average Bonchev–Trinajstić information content (AvgIpc) is 3.28. The van der Waals surface area contributed by atoms with Gasteiger partial charge in [0, 0.05) is 31.2 Å². The van der Waals surface area contributed by atoms with E-state index in [0.29, 0.717) is 0 Å². The maximum absolute atomic E-state index is 12.8. The van der Waals surface area contributed by atoms with Crippen LogP contribution in [0.15, 0.2) is 17.7 Å². The molecule has 0 aromatic carbocycles. The predicted octanol–water partition coefficient (Wildman–Crippen LogP) is 3.88. The molecule has 2 aliphatic carbocycles. The summed E-state index contributed by atoms with van der Waals surface area (Å²) in [4.78, 5) is 30.5. The van der Waals surface area contributed by atoms with Crippen molar-refractivity contribution in [2.24, 2.45) is 11.3 Å². The molecule has 1 aliphatic heterocycles. The minimum absolute atomic E-state index is 0.0999. The first-order valence-electron chi connectivity index (χ1n) is 10.9. The van der Waals surface area contributed by atoms with Gasteiger partial charge in [0.05, 0.1) is 0 Å². The lowest BCUT2D eigenvalue weighted by Crippen LogP contribution is -2.41. The summed E-state index contributed by atoms with van der Waals surface area (Å²) in [5.41, 5.74) is 4.41. The number of rotatable bonds is 5. The lowest BCUT2D eigenvalue weighted by atomic mass is 9.90. The molecule has 152 valence electrons. The second kappa shape index (κ2) is 7.76. The van der Waals surface area contributed by atoms with Gasteiger partial charge in [-0.1, -0.05) is 11.6 Å². The van der Waals surface area contributed by atoms with Gasteiger partial charge in [-0.15, -0.1) is 0 Å². The van der Waals surface area contributed by atoms with Gasteiger partial charge in [-0.2, -0.15) is 0 Å². The monoisotopic (exact) mass is 383 g/mol. The summed E-state index contributed by atoms with van der Waals surface area (Å²) in [6.45, 7) is 6.24. The second-order valence-corrected chi connectivity index (χ2v) is 9.07. The number of nitrogens with one attached hydrogen (secondary N) is 2. The Balaban J connectivity index is 1.24. The average molecular weight is 384 g/mol. The van der Waals surface area contributed by atoms with Crippen molar-refractivity contribution in [2.75, 3.05) is 19.6 Å². The summed E-state index contributed by atoms with van der Waals surface area (Å²) in [5.74, 6) is 0.481. The fourth-order valence-electron chi connectivity index (χ4n) is 5.14. The molecule has 2 heterocycles. The highest BCUT2D eigenvalue weighted by molar-refractivity contribution is 5.94. The van der Waals surface area contributed by atoms with Crippen molar-refractivity contribution < 1.29 is 9.59 Å². The maximum Gasteiger partial charge on any atom is 0.270 e. The molecule has 1 aromatic heterocycles. The highest BCUT2D eigenvalue weighted by Gasteiger charge is 2.58. The van der Waals surface area contributed by atoms with E-state index in [1.807, 2.05) is 24.8 Å². The van der Waals surface area contributed by atoms with E-state index in [4.69, 9.17) is 0 Å². The highest BCUT2D eigenvalue weighted by atomic mass is 16.2. The van der Waals surface area contributed by atoms with Crippen LogP contribution in [0.5, 0.6) is 0 Å². The van der Waals surface area contributed by atoms with E-state index in [-0.39, 0.29) is 23.1 Å². The van der Waals surface area contributed by atoms with Gasteiger partial charge in [-0.3, -0.25) is 9.59 Å². The Hall–Kier alpha value is -2.04. The fourth-order valence-corrected chi connectivity index (χ4v) is 5.14. The topological polar surface area (TPSA) is 65.2 Å². The number of aryl methyl sites for hydroxylation is 2. The molecule has 0 unspecified atom stereocenters. The molecule has 1 atom stereocenters. The molecular weight excluding hydrogens is 350 g/mol. The quantitative estimate of drug-likeness (QED) is 0.758. The van der Waals surface area contributed by atoms with Crippen LogP contribution in [0.2, 0.25) is 0 Å². The second-order valence-electron chi connectivity index (χ2n) is 9.07. The number of nitrogens with zero attached hydrogens (tertiary/aromatic N) is 1. The van der Waals surface area contributed by atoms with E-state index in [1.165, 1.54) is 31.3 Å². The normalized spacial score (nSPS) is 23.4. The Kier molecular flexibility index (Phi) is 5.35. The van der Waals surface area contributed by atoms with E-state index < -0.39 is 0 Å². The largest absolute Gasteiger partial charge is 0.356 e. The predicted molar refractivity (Wildman–Crippen MR) is 110 cm³/mol. The molecular formula is C23H33N3O2. The van der Waals surface area contributed by atoms with E-state index in [9.17, 15) is 9.59 Å². The zero-order valence-electron chi connectivity index (χ0n) is 17.3. The first-order valence-corrected chi connectivity index (χ1v) is 10.9. The van der Waals surface area contributed by atoms with Gasteiger partial charge in [-0.05, 0) is 82.3 Å². The molecule has 4 rings (SSSR count). The standard InChI is InChI=1S/C23H33N3O2/c1-16-14-17(2)25-20(16)22(28)26-12-9-23(10-13-26)15-19(23)21(27)24-11-8-18-6-4-3-5-7-18/h6,14,19,25H,3-5,7-13,15H2,1-2H3,(H,24,27)/t19-/m0/s1. The van der Waals surface area contributed by atoms with Crippen LogP contribution in [0, 0.1) is 25.2 Å². The van der Waals surface area contributed by atoms with Crippen LogP contribution in [-0.4, -0.2) is 41.3 Å². The molecule has 5 nitrogen and oxygen atoms in total. The van der Waals surface area contributed by atoms with Crippen LogP contribution in [0.1, 0.15) is 73.1 Å². The fraction of sp³-hybridized carbons (Fsp3) is 0.652.